The van der Waals surface area contributed by atoms with Crippen LogP contribution in [0.15, 0.2) is 47.7 Å². The molecule has 0 bridgehead atoms. The van der Waals surface area contributed by atoms with Crippen LogP contribution in [-0.2, 0) is 13.6 Å². The highest BCUT2D eigenvalue weighted by atomic mass is 19.1. The second-order valence-corrected chi connectivity index (χ2v) is 10.4. The zero-order chi connectivity index (χ0) is 28.1. The number of fused-ring (bicyclic) bond motifs is 2. The molecule has 0 spiro atoms. The summed E-state index contributed by atoms with van der Waals surface area (Å²) in [4.78, 5) is 33.0. The number of carbonyl (C=O) groups excluding carboxylic acids is 1. The quantitative estimate of drug-likeness (QED) is 0.301. The monoisotopic (exact) mass is 530 g/mol. The number of nitrogens with zero attached hydrogens (tertiary/aromatic N) is 4. The summed E-state index contributed by atoms with van der Waals surface area (Å²) in [5.74, 6) is 0.831. The number of hydrogen-bond donors (Lipinski definition) is 2. The molecule has 0 unspecified atom stereocenters. The lowest BCUT2D eigenvalue weighted by Gasteiger charge is -2.16. The molecule has 39 heavy (non-hydrogen) atoms. The van der Waals surface area contributed by atoms with Crippen molar-refractivity contribution in [2.45, 2.75) is 46.8 Å². The first kappa shape index (κ1) is 26.1. The number of hydrogen-bond acceptors (Lipinski definition) is 5. The van der Waals surface area contributed by atoms with Crippen molar-refractivity contribution in [3.05, 3.63) is 70.2 Å². The second kappa shape index (κ2) is 9.68. The van der Waals surface area contributed by atoms with Crippen molar-refractivity contribution in [2.24, 2.45) is 7.05 Å². The molecule has 1 aromatic carbocycles. The highest BCUT2D eigenvalue weighted by molar-refractivity contribution is 6.04. The van der Waals surface area contributed by atoms with Gasteiger partial charge < -0.3 is 19.6 Å². The normalized spacial score (nSPS) is 11.9. The fraction of sp³-hybridized carbons (Fsp3) is 0.310. The van der Waals surface area contributed by atoms with Gasteiger partial charge in [0.25, 0.3) is 11.5 Å². The highest BCUT2D eigenvalue weighted by Gasteiger charge is 2.22. The smallest absolute Gasteiger partial charge is 0.274 e. The van der Waals surface area contributed by atoms with Crippen LogP contribution in [0.3, 0.4) is 0 Å². The van der Waals surface area contributed by atoms with Gasteiger partial charge in [-0.25, -0.2) is 4.39 Å². The molecule has 4 heterocycles. The van der Waals surface area contributed by atoms with Gasteiger partial charge in [0, 0.05) is 54.1 Å². The van der Waals surface area contributed by atoms with Crippen molar-refractivity contribution in [3.8, 4) is 22.6 Å². The lowest BCUT2D eigenvalue weighted by atomic mass is 10.0. The van der Waals surface area contributed by atoms with Gasteiger partial charge in [-0.15, -0.1) is 0 Å². The number of nitrogens with one attached hydrogen (secondary N) is 2. The summed E-state index contributed by atoms with van der Waals surface area (Å²) in [6, 6.07) is 7.28. The maximum absolute atomic E-state index is 14.4. The third-order valence-electron chi connectivity index (χ3n) is 6.52. The Hall–Kier alpha value is -4.47. The van der Waals surface area contributed by atoms with Gasteiger partial charge in [0.15, 0.2) is 5.75 Å². The molecule has 5 aromatic rings. The van der Waals surface area contributed by atoms with E-state index in [0.29, 0.717) is 45.6 Å². The predicted molar refractivity (Wildman–Crippen MR) is 149 cm³/mol. The Morgan fingerprint density at radius 3 is 2.64 bits per heavy atom. The first-order valence-corrected chi connectivity index (χ1v) is 12.8. The Bertz CT molecular complexity index is 1770. The molecule has 10 heteroatoms. The maximum Gasteiger partial charge on any atom is 0.274 e. The van der Waals surface area contributed by atoms with Crippen molar-refractivity contribution < 1.29 is 13.9 Å². The fourth-order valence-electron chi connectivity index (χ4n) is 4.73. The Morgan fingerprint density at radius 1 is 1.18 bits per heavy atom. The number of ether oxygens (including phenoxy) is 1. The van der Waals surface area contributed by atoms with Gasteiger partial charge in [-0.2, -0.15) is 5.10 Å². The molecular weight excluding hydrogens is 499 g/mol. The molecule has 4 aromatic heterocycles. The van der Waals surface area contributed by atoms with Gasteiger partial charge in [-0.05, 0) is 64.4 Å². The second-order valence-electron chi connectivity index (χ2n) is 10.4. The molecule has 0 aliphatic carbocycles. The van der Waals surface area contributed by atoms with Crippen LogP contribution < -0.4 is 15.6 Å². The minimum absolute atomic E-state index is 0.0891. The summed E-state index contributed by atoms with van der Waals surface area (Å²) in [7, 11) is 1.66. The molecule has 2 N–H and O–H groups in total. The standard InChI is InChI=1S/C29H31FN6O3/c1-7-31-27(37)23-12-20-21(14-35(6)28(38)25(20)33-23)19-11-22-18(13-36(34-22)15-29(4,5)30)10-24(19)39-26-16(2)8-9-32-17(26)3/h8-14,33H,7,15H2,1-6H3,(H,31,37). The number of halogens is 1. The van der Waals surface area contributed by atoms with Crippen molar-refractivity contribution >= 4 is 27.7 Å². The molecule has 0 aliphatic rings. The van der Waals surface area contributed by atoms with Crippen molar-refractivity contribution in [3.63, 3.8) is 0 Å². The summed E-state index contributed by atoms with van der Waals surface area (Å²) >= 11 is 0. The van der Waals surface area contributed by atoms with Gasteiger partial charge in [-0.3, -0.25) is 19.3 Å². The van der Waals surface area contributed by atoms with Crippen LogP contribution in [0.4, 0.5) is 4.39 Å². The molecule has 0 fully saturated rings. The maximum atomic E-state index is 14.4. The predicted octanol–water partition coefficient (Wildman–Crippen LogP) is 5.19. The number of pyridine rings is 2. The van der Waals surface area contributed by atoms with E-state index < -0.39 is 5.67 Å². The number of aromatic nitrogens is 5. The van der Waals surface area contributed by atoms with E-state index in [9.17, 15) is 14.0 Å². The van der Waals surface area contributed by atoms with Crippen LogP contribution in [0.2, 0.25) is 0 Å². The third kappa shape index (κ3) is 5.01. The molecule has 0 saturated carbocycles. The molecule has 1 amide bonds. The molecule has 202 valence electrons. The van der Waals surface area contributed by atoms with E-state index in [1.54, 1.807) is 36.4 Å². The Balaban J connectivity index is 1.77. The van der Waals surface area contributed by atoms with Gasteiger partial charge in [0.2, 0.25) is 0 Å². The molecule has 0 radical (unpaired) electrons. The fourth-order valence-corrected chi connectivity index (χ4v) is 4.73. The number of alkyl halides is 1. The Labute approximate surface area is 224 Å². The summed E-state index contributed by atoms with van der Waals surface area (Å²) in [5, 5.41) is 8.73. The average molecular weight is 531 g/mol. The zero-order valence-corrected chi connectivity index (χ0v) is 22.8. The van der Waals surface area contributed by atoms with E-state index >= 15 is 0 Å². The highest BCUT2D eigenvalue weighted by Crippen LogP contribution is 2.40. The van der Waals surface area contributed by atoms with E-state index in [1.807, 2.05) is 39.0 Å². The Morgan fingerprint density at radius 2 is 1.95 bits per heavy atom. The van der Waals surface area contributed by atoms with E-state index in [2.05, 4.69) is 20.4 Å². The molecule has 9 nitrogen and oxygen atoms in total. The topological polar surface area (TPSA) is 107 Å². The average Bonchev–Trinajstić information content (AvgIpc) is 3.46. The first-order chi connectivity index (χ1) is 18.4. The summed E-state index contributed by atoms with van der Waals surface area (Å²) in [6.45, 7) is 9.20. The van der Waals surface area contributed by atoms with E-state index in [0.717, 1.165) is 16.6 Å². The van der Waals surface area contributed by atoms with Gasteiger partial charge in [-0.1, -0.05) is 0 Å². The van der Waals surface area contributed by atoms with Crippen LogP contribution in [-0.4, -0.2) is 42.4 Å². The number of rotatable bonds is 7. The SMILES string of the molecule is CCNC(=O)c1cc2c(-c3cc4nn(CC(C)(C)F)cc4cc3Oc3c(C)ccnc3C)cn(C)c(=O)c2[nH]1. The van der Waals surface area contributed by atoms with Gasteiger partial charge in [0.05, 0.1) is 17.8 Å². The van der Waals surface area contributed by atoms with Crippen LogP contribution in [0.25, 0.3) is 32.9 Å². The molecular formula is C29H31FN6O3. The van der Waals surface area contributed by atoms with Crippen LogP contribution in [0, 0.1) is 13.8 Å². The molecule has 0 atom stereocenters. The summed E-state index contributed by atoms with van der Waals surface area (Å²) in [5.41, 5.74) is 2.50. The number of benzene rings is 1. The lowest BCUT2D eigenvalue weighted by molar-refractivity contribution is 0.0951. The first-order valence-electron chi connectivity index (χ1n) is 12.8. The number of aromatic amines is 1. The molecule has 5 rings (SSSR count). The summed E-state index contributed by atoms with van der Waals surface area (Å²) in [6.07, 6.45) is 5.23. The lowest BCUT2D eigenvalue weighted by Crippen LogP contribution is -2.23. The van der Waals surface area contributed by atoms with E-state index in [1.165, 1.54) is 18.4 Å². The van der Waals surface area contributed by atoms with Crippen molar-refractivity contribution in [1.29, 1.82) is 0 Å². The Kier molecular flexibility index (Phi) is 6.49. The third-order valence-corrected chi connectivity index (χ3v) is 6.52. The minimum Gasteiger partial charge on any atom is -0.455 e. The van der Waals surface area contributed by atoms with Crippen LogP contribution >= 0.6 is 0 Å². The molecule has 0 saturated heterocycles. The number of carbonyl (C=O) groups is 1. The van der Waals surface area contributed by atoms with Crippen LogP contribution in [0.1, 0.15) is 42.5 Å². The van der Waals surface area contributed by atoms with Gasteiger partial charge >= 0.3 is 0 Å². The van der Waals surface area contributed by atoms with E-state index in [4.69, 9.17) is 4.74 Å². The van der Waals surface area contributed by atoms with Gasteiger partial charge in [0.1, 0.15) is 22.6 Å². The molecule has 0 aliphatic heterocycles. The van der Waals surface area contributed by atoms with Crippen molar-refractivity contribution in [2.75, 3.05) is 6.54 Å². The minimum atomic E-state index is -1.45. The number of amides is 1. The largest absolute Gasteiger partial charge is 0.455 e. The number of H-pyrrole nitrogens is 1. The van der Waals surface area contributed by atoms with Crippen molar-refractivity contribution in [1.82, 2.24) is 29.6 Å². The summed E-state index contributed by atoms with van der Waals surface area (Å²) < 4.78 is 24.0. The van der Waals surface area contributed by atoms with E-state index in [-0.39, 0.29) is 23.7 Å². The van der Waals surface area contributed by atoms with Crippen LogP contribution in [0.5, 0.6) is 11.5 Å². The zero-order valence-electron chi connectivity index (χ0n) is 22.8. The number of aryl methyl sites for hydroxylation is 3.